The Balaban J connectivity index is 1.27. The van der Waals surface area contributed by atoms with E-state index in [1.807, 2.05) is 48.7 Å². The molecule has 188 valence electrons. The number of hydrogen-bond acceptors (Lipinski definition) is 3. The summed E-state index contributed by atoms with van der Waals surface area (Å²) < 4.78 is 8.49. The maximum atomic E-state index is 6.20. The predicted octanol–water partition coefficient (Wildman–Crippen LogP) is 9.34. The van der Waals surface area contributed by atoms with Crippen LogP contribution in [0.15, 0.2) is 140 Å². The quantitative estimate of drug-likeness (QED) is 0.235. The molecule has 5 aromatic carbocycles. The molecule has 8 rings (SSSR count). The molecule has 0 aliphatic carbocycles. The Labute approximate surface area is 230 Å². The molecule has 0 saturated heterocycles. The van der Waals surface area contributed by atoms with Crippen LogP contribution >= 0.6 is 0 Å². The van der Waals surface area contributed by atoms with E-state index in [0.717, 1.165) is 50.0 Å². The Morgan fingerprint density at radius 3 is 2.25 bits per heavy atom. The summed E-state index contributed by atoms with van der Waals surface area (Å²) in [6.45, 7) is 0. The number of fused-ring (bicyclic) bond motifs is 5. The fourth-order valence-corrected chi connectivity index (χ4v) is 5.62. The summed E-state index contributed by atoms with van der Waals surface area (Å²) in [4.78, 5) is 9.55. The SMILES string of the molecule is c1cc(Oc2ccc3ccccc3n2)cc(-c2ccc3c4ccccc4n(-c4nccc5ccccc45)c3c2)c1. The fourth-order valence-electron chi connectivity index (χ4n) is 5.62. The molecule has 0 spiro atoms. The molecule has 0 unspecified atom stereocenters. The second kappa shape index (κ2) is 9.07. The van der Waals surface area contributed by atoms with E-state index in [1.165, 1.54) is 16.2 Å². The van der Waals surface area contributed by atoms with Crippen LogP contribution in [0.4, 0.5) is 0 Å². The molecule has 0 N–H and O–H groups in total. The Bertz CT molecular complexity index is 2210. The summed E-state index contributed by atoms with van der Waals surface area (Å²) in [5.74, 6) is 2.26. The van der Waals surface area contributed by atoms with Crippen LogP contribution < -0.4 is 4.74 Å². The van der Waals surface area contributed by atoms with Crippen LogP contribution in [0.1, 0.15) is 0 Å². The Morgan fingerprint density at radius 2 is 1.30 bits per heavy atom. The highest BCUT2D eigenvalue weighted by atomic mass is 16.5. The van der Waals surface area contributed by atoms with Gasteiger partial charge in [0.2, 0.25) is 5.88 Å². The molecule has 4 heteroatoms. The monoisotopic (exact) mass is 513 g/mol. The van der Waals surface area contributed by atoms with E-state index in [1.54, 1.807) is 0 Å². The molecule has 0 aliphatic heterocycles. The smallest absolute Gasteiger partial charge is 0.219 e. The van der Waals surface area contributed by atoms with Crippen molar-refractivity contribution in [2.24, 2.45) is 0 Å². The average Bonchev–Trinajstić information content (AvgIpc) is 3.34. The minimum atomic E-state index is 0.577. The third-order valence-electron chi connectivity index (χ3n) is 7.50. The summed E-state index contributed by atoms with van der Waals surface area (Å²) >= 11 is 0. The lowest BCUT2D eigenvalue weighted by atomic mass is 10.0. The Hall–Kier alpha value is -5.48. The van der Waals surface area contributed by atoms with Gasteiger partial charge in [0.15, 0.2) is 0 Å². The molecule has 0 aliphatic rings. The molecule has 0 saturated carbocycles. The van der Waals surface area contributed by atoms with Crippen molar-refractivity contribution in [3.63, 3.8) is 0 Å². The topological polar surface area (TPSA) is 39.9 Å². The largest absolute Gasteiger partial charge is 0.439 e. The van der Waals surface area contributed by atoms with E-state index in [9.17, 15) is 0 Å². The van der Waals surface area contributed by atoms with Crippen LogP contribution in [0.25, 0.3) is 60.4 Å². The third-order valence-corrected chi connectivity index (χ3v) is 7.50. The Morgan fingerprint density at radius 1 is 0.525 bits per heavy atom. The van der Waals surface area contributed by atoms with Crippen molar-refractivity contribution in [1.82, 2.24) is 14.5 Å². The molecule has 0 radical (unpaired) electrons. The zero-order valence-corrected chi connectivity index (χ0v) is 21.5. The first-order valence-electron chi connectivity index (χ1n) is 13.3. The van der Waals surface area contributed by atoms with Crippen LogP contribution in [-0.2, 0) is 0 Å². The van der Waals surface area contributed by atoms with E-state index < -0.39 is 0 Å². The molecule has 0 amide bonds. The maximum absolute atomic E-state index is 6.20. The number of hydrogen-bond donors (Lipinski definition) is 0. The summed E-state index contributed by atoms with van der Waals surface area (Å²) in [6, 6.07) is 45.9. The van der Waals surface area contributed by atoms with Gasteiger partial charge in [-0.1, -0.05) is 84.9 Å². The first-order chi connectivity index (χ1) is 19.8. The number of ether oxygens (including phenoxy) is 1. The molecule has 0 bridgehead atoms. The van der Waals surface area contributed by atoms with Gasteiger partial charge in [0, 0.05) is 33.8 Å². The summed E-state index contributed by atoms with van der Waals surface area (Å²) in [7, 11) is 0. The van der Waals surface area contributed by atoms with Crippen LogP contribution in [0.3, 0.4) is 0 Å². The Kier molecular flexibility index (Phi) is 5.10. The number of pyridine rings is 2. The van der Waals surface area contributed by atoms with Gasteiger partial charge in [0.25, 0.3) is 0 Å². The molecule has 4 nitrogen and oxygen atoms in total. The molecule has 3 heterocycles. The van der Waals surface area contributed by atoms with Crippen molar-refractivity contribution < 1.29 is 4.74 Å². The molecule has 0 fully saturated rings. The van der Waals surface area contributed by atoms with Crippen molar-refractivity contribution in [1.29, 1.82) is 0 Å². The minimum Gasteiger partial charge on any atom is -0.439 e. The second-order valence-corrected chi connectivity index (χ2v) is 9.91. The van der Waals surface area contributed by atoms with Gasteiger partial charge >= 0.3 is 0 Å². The van der Waals surface area contributed by atoms with Crippen molar-refractivity contribution in [2.75, 3.05) is 0 Å². The number of rotatable bonds is 4. The van der Waals surface area contributed by atoms with Crippen LogP contribution in [0.5, 0.6) is 11.6 Å². The highest BCUT2D eigenvalue weighted by Gasteiger charge is 2.16. The average molecular weight is 514 g/mol. The van der Waals surface area contributed by atoms with E-state index in [-0.39, 0.29) is 0 Å². The van der Waals surface area contributed by atoms with E-state index in [4.69, 9.17) is 9.72 Å². The van der Waals surface area contributed by atoms with Crippen LogP contribution in [0, 0.1) is 0 Å². The molecule has 8 aromatic rings. The minimum absolute atomic E-state index is 0.577. The van der Waals surface area contributed by atoms with Crippen molar-refractivity contribution in [3.05, 3.63) is 140 Å². The van der Waals surface area contributed by atoms with Gasteiger partial charge in [-0.15, -0.1) is 0 Å². The van der Waals surface area contributed by atoms with E-state index >= 15 is 0 Å². The maximum Gasteiger partial charge on any atom is 0.219 e. The van der Waals surface area contributed by atoms with E-state index in [0.29, 0.717) is 5.88 Å². The first-order valence-corrected chi connectivity index (χ1v) is 13.3. The standard InChI is InChI=1S/C36H23N3O/c1-3-12-29-24(8-1)20-21-37-36(29)39-33-15-6-4-13-30(33)31-18-16-27(23-34(31)39)26-10-7-11-28(22-26)40-35-19-17-25-9-2-5-14-32(25)38-35/h1-23H. The lowest BCUT2D eigenvalue weighted by Gasteiger charge is -2.11. The van der Waals surface area contributed by atoms with Gasteiger partial charge in [-0.25, -0.2) is 9.97 Å². The number of nitrogens with zero attached hydrogens (tertiary/aromatic N) is 3. The lowest BCUT2D eigenvalue weighted by Crippen LogP contribution is -1.98. The predicted molar refractivity (Wildman–Crippen MR) is 163 cm³/mol. The normalized spacial score (nSPS) is 11.5. The van der Waals surface area contributed by atoms with Crippen molar-refractivity contribution in [2.45, 2.75) is 0 Å². The van der Waals surface area contributed by atoms with Gasteiger partial charge in [0.05, 0.1) is 16.6 Å². The third kappa shape index (κ3) is 3.69. The van der Waals surface area contributed by atoms with E-state index in [2.05, 4.69) is 101 Å². The van der Waals surface area contributed by atoms with Crippen molar-refractivity contribution >= 4 is 43.5 Å². The van der Waals surface area contributed by atoms with Crippen LogP contribution in [0.2, 0.25) is 0 Å². The molecular formula is C36H23N3O. The molecular weight excluding hydrogens is 490 g/mol. The number of aromatic nitrogens is 3. The zero-order valence-electron chi connectivity index (χ0n) is 21.5. The van der Waals surface area contributed by atoms with Gasteiger partial charge in [-0.3, -0.25) is 4.57 Å². The second-order valence-electron chi connectivity index (χ2n) is 9.91. The molecule has 40 heavy (non-hydrogen) atoms. The van der Waals surface area contributed by atoms with Gasteiger partial charge in [0.1, 0.15) is 11.6 Å². The number of para-hydroxylation sites is 2. The van der Waals surface area contributed by atoms with Crippen molar-refractivity contribution in [3.8, 4) is 28.6 Å². The highest BCUT2D eigenvalue weighted by Crippen LogP contribution is 2.36. The highest BCUT2D eigenvalue weighted by molar-refractivity contribution is 6.11. The lowest BCUT2D eigenvalue weighted by molar-refractivity contribution is 0.465. The first kappa shape index (κ1) is 22.5. The summed E-state index contributed by atoms with van der Waals surface area (Å²) in [5.41, 5.74) is 5.34. The van der Waals surface area contributed by atoms with Gasteiger partial charge in [-0.2, -0.15) is 0 Å². The molecule has 0 atom stereocenters. The van der Waals surface area contributed by atoms with Gasteiger partial charge in [-0.05, 0) is 59.0 Å². The van der Waals surface area contributed by atoms with Gasteiger partial charge < -0.3 is 4.74 Å². The summed E-state index contributed by atoms with van der Waals surface area (Å²) in [6.07, 6.45) is 1.89. The fraction of sp³-hybridized carbons (Fsp3) is 0. The zero-order chi connectivity index (χ0) is 26.5. The number of benzene rings is 5. The molecule has 3 aromatic heterocycles. The summed E-state index contributed by atoms with van der Waals surface area (Å²) in [5, 5.41) is 5.78. The van der Waals surface area contributed by atoms with Crippen LogP contribution in [-0.4, -0.2) is 14.5 Å².